The summed E-state index contributed by atoms with van der Waals surface area (Å²) in [4.78, 5) is 23.1. The van der Waals surface area contributed by atoms with Crippen molar-refractivity contribution in [3.63, 3.8) is 0 Å². The van der Waals surface area contributed by atoms with Crippen molar-refractivity contribution in [2.24, 2.45) is 0 Å². The van der Waals surface area contributed by atoms with E-state index in [1.165, 1.54) is 6.07 Å². The van der Waals surface area contributed by atoms with Crippen LogP contribution in [0.1, 0.15) is 34.3 Å². The predicted molar refractivity (Wildman–Crippen MR) is 72.5 cm³/mol. The molecule has 1 atom stereocenters. The number of hydrogen-bond donors (Lipinski definition) is 3. The van der Waals surface area contributed by atoms with E-state index in [1.54, 1.807) is 13.0 Å². The molecule has 1 aromatic rings. The molecule has 1 aromatic carbocycles. The van der Waals surface area contributed by atoms with E-state index in [0.717, 1.165) is 30.5 Å². The molecule has 19 heavy (non-hydrogen) atoms. The van der Waals surface area contributed by atoms with E-state index < -0.39 is 5.97 Å². The zero-order valence-electron chi connectivity index (χ0n) is 11.1. The molecule has 5 nitrogen and oxygen atoms in total. The molecule has 2 rings (SSSR count). The van der Waals surface area contributed by atoms with Crippen molar-refractivity contribution < 1.29 is 14.7 Å². The average Bonchev–Trinajstić information content (AvgIpc) is 2.86. The zero-order chi connectivity index (χ0) is 14.0. The predicted octanol–water partition coefficient (Wildman–Crippen LogP) is 1.69. The minimum atomic E-state index is -0.976. The Morgan fingerprint density at radius 2 is 2.11 bits per heavy atom. The Bertz CT molecular complexity index is 520. The second kappa shape index (κ2) is 5.40. The van der Waals surface area contributed by atoms with E-state index in [2.05, 4.69) is 10.6 Å². The fourth-order valence-corrected chi connectivity index (χ4v) is 2.29. The van der Waals surface area contributed by atoms with Crippen molar-refractivity contribution in [1.82, 2.24) is 5.32 Å². The van der Waals surface area contributed by atoms with Gasteiger partial charge >= 0.3 is 5.97 Å². The minimum Gasteiger partial charge on any atom is -0.478 e. The van der Waals surface area contributed by atoms with Crippen LogP contribution in [0, 0.1) is 13.8 Å². The first-order valence-electron chi connectivity index (χ1n) is 6.38. The first-order chi connectivity index (χ1) is 8.99. The number of carboxylic acids is 1. The summed E-state index contributed by atoms with van der Waals surface area (Å²) in [6.07, 6.45) is 1.81. The smallest absolute Gasteiger partial charge is 0.336 e. The lowest BCUT2D eigenvalue weighted by Gasteiger charge is -2.13. The van der Waals surface area contributed by atoms with Crippen molar-refractivity contribution in [1.29, 1.82) is 0 Å². The van der Waals surface area contributed by atoms with E-state index in [-0.39, 0.29) is 17.5 Å². The highest BCUT2D eigenvalue weighted by Crippen LogP contribution is 2.20. The molecule has 1 fully saturated rings. The highest BCUT2D eigenvalue weighted by atomic mass is 16.4. The second-order valence-corrected chi connectivity index (χ2v) is 4.91. The largest absolute Gasteiger partial charge is 0.478 e. The summed E-state index contributed by atoms with van der Waals surface area (Å²) in [6.45, 7) is 4.46. The van der Waals surface area contributed by atoms with Gasteiger partial charge in [-0.15, -0.1) is 0 Å². The summed E-state index contributed by atoms with van der Waals surface area (Å²) in [5, 5.41) is 15.0. The molecule has 0 spiro atoms. The van der Waals surface area contributed by atoms with Crippen LogP contribution in [0.15, 0.2) is 12.1 Å². The Morgan fingerprint density at radius 1 is 1.37 bits per heavy atom. The van der Waals surface area contributed by atoms with Crippen molar-refractivity contribution in [3.8, 4) is 0 Å². The maximum atomic E-state index is 12.0. The number of hydrogen-bond acceptors (Lipinski definition) is 3. The van der Waals surface area contributed by atoms with Gasteiger partial charge < -0.3 is 15.7 Å². The summed E-state index contributed by atoms with van der Waals surface area (Å²) in [7, 11) is 0. The van der Waals surface area contributed by atoms with Crippen LogP contribution in [-0.2, 0) is 4.79 Å². The third-order valence-corrected chi connectivity index (χ3v) is 3.54. The van der Waals surface area contributed by atoms with Crippen LogP contribution >= 0.6 is 0 Å². The first kappa shape index (κ1) is 13.5. The fraction of sp³-hybridized carbons (Fsp3) is 0.429. The molecule has 5 heteroatoms. The van der Waals surface area contributed by atoms with E-state index in [1.807, 2.05) is 6.92 Å². The molecule has 102 valence electrons. The van der Waals surface area contributed by atoms with Gasteiger partial charge in [0, 0.05) is 5.69 Å². The number of anilines is 1. The van der Waals surface area contributed by atoms with Crippen LogP contribution in [0.3, 0.4) is 0 Å². The summed E-state index contributed by atoms with van der Waals surface area (Å²) in [5.41, 5.74) is 2.35. The number of amides is 1. The van der Waals surface area contributed by atoms with E-state index in [9.17, 15) is 9.59 Å². The van der Waals surface area contributed by atoms with Crippen molar-refractivity contribution in [2.75, 3.05) is 11.9 Å². The molecule has 0 radical (unpaired) electrons. The normalized spacial score (nSPS) is 18.3. The van der Waals surface area contributed by atoms with E-state index in [4.69, 9.17) is 5.11 Å². The maximum absolute atomic E-state index is 12.0. The molecule has 1 aliphatic heterocycles. The van der Waals surface area contributed by atoms with Crippen LogP contribution in [-0.4, -0.2) is 29.6 Å². The maximum Gasteiger partial charge on any atom is 0.336 e. The Labute approximate surface area is 112 Å². The van der Waals surface area contributed by atoms with Gasteiger partial charge in [-0.25, -0.2) is 4.79 Å². The van der Waals surface area contributed by atoms with Gasteiger partial charge in [-0.1, -0.05) is 0 Å². The Hall–Kier alpha value is -1.88. The Balaban J connectivity index is 2.20. The van der Waals surface area contributed by atoms with Gasteiger partial charge in [-0.3, -0.25) is 4.79 Å². The summed E-state index contributed by atoms with van der Waals surface area (Å²) in [5.74, 6) is -1.08. The number of nitrogens with one attached hydrogen (secondary N) is 2. The summed E-state index contributed by atoms with van der Waals surface area (Å²) in [6, 6.07) is 3.14. The number of aryl methyl sites for hydroxylation is 1. The third kappa shape index (κ3) is 2.93. The monoisotopic (exact) mass is 262 g/mol. The molecule has 1 aliphatic rings. The molecule has 0 aromatic heterocycles. The molecular formula is C14H18N2O3. The van der Waals surface area contributed by atoms with Gasteiger partial charge in [0.2, 0.25) is 5.91 Å². The van der Waals surface area contributed by atoms with Gasteiger partial charge in [0.25, 0.3) is 0 Å². The minimum absolute atomic E-state index is 0.0999. The number of carboxylic acid groups (broad SMARTS) is 1. The van der Waals surface area contributed by atoms with Gasteiger partial charge in [-0.2, -0.15) is 0 Å². The highest BCUT2D eigenvalue weighted by Gasteiger charge is 2.22. The van der Waals surface area contributed by atoms with E-state index in [0.29, 0.717) is 5.69 Å². The van der Waals surface area contributed by atoms with Crippen LogP contribution in [0.5, 0.6) is 0 Å². The molecule has 1 saturated heterocycles. The first-order valence-corrected chi connectivity index (χ1v) is 6.38. The van der Waals surface area contributed by atoms with Crippen LogP contribution < -0.4 is 10.6 Å². The standard InChI is InChI=1S/C14H18N2O3/c1-8-6-10(7-11(9(8)2)14(18)19)16-13(17)12-4-3-5-15-12/h6-7,12,15H,3-5H2,1-2H3,(H,16,17)(H,18,19). The fourth-order valence-electron chi connectivity index (χ4n) is 2.29. The van der Waals surface area contributed by atoms with Crippen LogP contribution in [0.4, 0.5) is 5.69 Å². The van der Waals surface area contributed by atoms with Crippen molar-refractivity contribution in [2.45, 2.75) is 32.7 Å². The quantitative estimate of drug-likeness (QED) is 0.774. The SMILES string of the molecule is Cc1cc(NC(=O)C2CCCN2)cc(C(=O)O)c1C. The third-order valence-electron chi connectivity index (χ3n) is 3.54. The molecular weight excluding hydrogens is 244 g/mol. The lowest BCUT2D eigenvalue weighted by molar-refractivity contribution is -0.117. The number of carbonyl (C=O) groups excluding carboxylic acids is 1. The van der Waals surface area contributed by atoms with Crippen molar-refractivity contribution >= 4 is 17.6 Å². The molecule has 0 bridgehead atoms. The number of rotatable bonds is 3. The Kier molecular flexibility index (Phi) is 3.85. The van der Waals surface area contributed by atoms with Gasteiger partial charge in [0.1, 0.15) is 0 Å². The topological polar surface area (TPSA) is 78.4 Å². The number of benzene rings is 1. The highest BCUT2D eigenvalue weighted by molar-refractivity contribution is 5.97. The molecule has 1 unspecified atom stereocenters. The number of aromatic carboxylic acids is 1. The van der Waals surface area contributed by atoms with Gasteiger partial charge in [0.15, 0.2) is 0 Å². The summed E-state index contributed by atoms with van der Waals surface area (Å²) < 4.78 is 0. The zero-order valence-corrected chi connectivity index (χ0v) is 11.1. The van der Waals surface area contributed by atoms with Gasteiger partial charge in [-0.05, 0) is 56.5 Å². The summed E-state index contributed by atoms with van der Waals surface area (Å²) >= 11 is 0. The van der Waals surface area contributed by atoms with E-state index >= 15 is 0 Å². The Morgan fingerprint density at radius 3 is 2.68 bits per heavy atom. The van der Waals surface area contributed by atoms with Crippen LogP contribution in [0.25, 0.3) is 0 Å². The average molecular weight is 262 g/mol. The molecule has 1 amide bonds. The number of carbonyl (C=O) groups is 2. The molecule has 0 aliphatic carbocycles. The lowest BCUT2D eigenvalue weighted by atomic mass is 10.0. The molecule has 1 heterocycles. The van der Waals surface area contributed by atoms with Gasteiger partial charge in [0.05, 0.1) is 11.6 Å². The van der Waals surface area contributed by atoms with Crippen LogP contribution in [0.2, 0.25) is 0 Å². The lowest BCUT2D eigenvalue weighted by Crippen LogP contribution is -2.35. The molecule has 3 N–H and O–H groups in total. The molecule has 0 saturated carbocycles. The second-order valence-electron chi connectivity index (χ2n) is 4.91. The van der Waals surface area contributed by atoms with Crippen molar-refractivity contribution in [3.05, 3.63) is 28.8 Å².